The Morgan fingerprint density at radius 3 is 3.00 bits per heavy atom. The van der Waals surface area contributed by atoms with E-state index in [4.69, 9.17) is 10.3 Å². The first-order chi connectivity index (χ1) is 10.6. The Morgan fingerprint density at radius 1 is 1.59 bits per heavy atom. The standard InChI is InChI=1S/C13H15N5O3S/c1-21-12(20)11-10(8-2-3-8)16-13(22-11)18-6-7(4-9(18)19)5-15-17-14/h7-8H,2-6H2,1H3. The van der Waals surface area contributed by atoms with E-state index < -0.39 is 5.97 Å². The number of hydrogen-bond acceptors (Lipinski definition) is 6. The summed E-state index contributed by atoms with van der Waals surface area (Å²) in [6.07, 6.45) is 2.37. The number of carbonyl (C=O) groups is 2. The van der Waals surface area contributed by atoms with Gasteiger partial charge >= 0.3 is 5.97 Å². The molecule has 0 bridgehead atoms. The maximum Gasteiger partial charge on any atom is 0.350 e. The highest BCUT2D eigenvalue weighted by molar-refractivity contribution is 7.17. The first-order valence-corrected chi connectivity index (χ1v) is 7.86. The lowest BCUT2D eigenvalue weighted by molar-refractivity contribution is -0.117. The third kappa shape index (κ3) is 2.77. The number of azide groups is 1. The van der Waals surface area contributed by atoms with Crippen LogP contribution in [-0.4, -0.2) is 37.1 Å². The highest BCUT2D eigenvalue weighted by atomic mass is 32.1. The summed E-state index contributed by atoms with van der Waals surface area (Å²) < 4.78 is 4.80. The van der Waals surface area contributed by atoms with Crippen molar-refractivity contribution in [2.24, 2.45) is 11.0 Å². The largest absolute Gasteiger partial charge is 0.465 e. The molecule has 1 aliphatic heterocycles. The van der Waals surface area contributed by atoms with Gasteiger partial charge in [0.2, 0.25) is 5.91 Å². The minimum atomic E-state index is -0.400. The van der Waals surface area contributed by atoms with Crippen LogP contribution in [0.3, 0.4) is 0 Å². The number of thiazole rings is 1. The predicted octanol–water partition coefficient (Wildman–Crippen LogP) is 2.47. The van der Waals surface area contributed by atoms with E-state index in [2.05, 4.69) is 15.0 Å². The zero-order chi connectivity index (χ0) is 15.7. The van der Waals surface area contributed by atoms with Crippen molar-refractivity contribution in [1.82, 2.24) is 4.98 Å². The second kappa shape index (κ2) is 5.94. The summed E-state index contributed by atoms with van der Waals surface area (Å²) in [6, 6.07) is 0. The first kappa shape index (κ1) is 14.8. The van der Waals surface area contributed by atoms with Gasteiger partial charge in [-0.25, -0.2) is 9.78 Å². The lowest BCUT2D eigenvalue weighted by Crippen LogP contribution is -2.24. The summed E-state index contributed by atoms with van der Waals surface area (Å²) >= 11 is 1.20. The molecule has 1 amide bonds. The summed E-state index contributed by atoms with van der Waals surface area (Å²) in [6.45, 7) is 0.763. The summed E-state index contributed by atoms with van der Waals surface area (Å²) in [5.74, 6) is -0.150. The maximum atomic E-state index is 12.1. The van der Waals surface area contributed by atoms with Crippen LogP contribution in [0.25, 0.3) is 10.4 Å². The predicted molar refractivity (Wildman–Crippen MR) is 79.9 cm³/mol. The third-order valence-corrected chi connectivity index (χ3v) is 4.89. The monoisotopic (exact) mass is 321 g/mol. The van der Waals surface area contributed by atoms with Gasteiger partial charge in [0, 0.05) is 30.3 Å². The average Bonchev–Trinajstić information content (AvgIpc) is 3.16. The van der Waals surface area contributed by atoms with Crippen LogP contribution in [0, 0.1) is 5.92 Å². The molecule has 2 aliphatic rings. The number of anilines is 1. The van der Waals surface area contributed by atoms with Crippen molar-refractivity contribution in [3.8, 4) is 0 Å². The normalized spacial score (nSPS) is 20.9. The Labute approximate surface area is 130 Å². The summed E-state index contributed by atoms with van der Waals surface area (Å²) in [4.78, 5) is 33.3. The molecule has 0 aromatic carbocycles. The minimum Gasteiger partial charge on any atom is -0.465 e. The molecule has 1 aromatic heterocycles. The van der Waals surface area contributed by atoms with E-state index in [0.717, 1.165) is 18.5 Å². The highest BCUT2D eigenvalue weighted by Crippen LogP contribution is 2.45. The SMILES string of the molecule is COC(=O)c1sc(N2CC(CN=[N+]=[N-])CC2=O)nc1C1CC1. The smallest absolute Gasteiger partial charge is 0.350 e. The Kier molecular flexibility index (Phi) is 4.00. The van der Waals surface area contributed by atoms with Crippen LogP contribution in [0.5, 0.6) is 0 Å². The van der Waals surface area contributed by atoms with Gasteiger partial charge in [0.15, 0.2) is 5.13 Å². The molecule has 1 saturated carbocycles. The van der Waals surface area contributed by atoms with E-state index in [9.17, 15) is 9.59 Å². The van der Waals surface area contributed by atoms with Crippen molar-refractivity contribution in [1.29, 1.82) is 0 Å². The molecule has 1 atom stereocenters. The molecule has 0 spiro atoms. The van der Waals surface area contributed by atoms with E-state index in [1.807, 2.05) is 0 Å². The maximum absolute atomic E-state index is 12.1. The van der Waals surface area contributed by atoms with E-state index in [0.29, 0.717) is 35.4 Å². The molecule has 8 nitrogen and oxygen atoms in total. The topological polar surface area (TPSA) is 108 Å². The molecular weight excluding hydrogens is 306 g/mol. The molecule has 0 radical (unpaired) electrons. The Hall–Kier alpha value is -2.12. The molecule has 22 heavy (non-hydrogen) atoms. The van der Waals surface area contributed by atoms with Gasteiger partial charge in [-0.3, -0.25) is 9.69 Å². The van der Waals surface area contributed by atoms with Crippen molar-refractivity contribution in [2.75, 3.05) is 25.1 Å². The fraction of sp³-hybridized carbons (Fsp3) is 0.615. The zero-order valence-electron chi connectivity index (χ0n) is 12.1. The van der Waals surface area contributed by atoms with Gasteiger partial charge < -0.3 is 4.74 Å². The van der Waals surface area contributed by atoms with E-state index in [-0.39, 0.29) is 11.8 Å². The number of esters is 1. The molecule has 1 unspecified atom stereocenters. The molecule has 1 aliphatic carbocycles. The second-order valence-corrected chi connectivity index (χ2v) is 6.44. The summed E-state index contributed by atoms with van der Waals surface area (Å²) in [7, 11) is 1.34. The molecule has 116 valence electrons. The lowest BCUT2D eigenvalue weighted by Gasteiger charge is -2.11. The quantitative estimate of drug-likeness (QED) is 0.359. The van der Waals surface area contributed by atoms with Gasteiger partial charge in [0.1, 0.15) is 4.88 Å². The molecule has 3 rings (SSSR count). The van der Waals surface area contributed by atoms with E-state index in [1.54, 1.807) is 4.90 Å². The second-order valence-electron chi connectivity index (χ2n) is 5.46. The van der Waals surface area contributed by atoms with Gasteiger partial charge in [0.05, 0.1) is 12.8 Å². The van der Waals surface area contributed by atoms with Crippen LogP contribution in [0.2, 0.25) is 0 Å². The number of methoxy groups -OCH3 is 1. The van der Waals surface area contributed by atoms with Crippen LogP contribution >= 0.6 is 11.3 Å². The van der Waals surface area contributed by atoms with Crippen LogP contribution in [0.1, 0.15) is 40.5 Å². The molecular formula is C13H15N5O3S. The Bertz CT molecular complexity index is 663. The molecule has 1 saturated heterocycles. The van der Waals surface area contributed by atoms with Gasteiger partial charge in [-0.2, -0.15) is 0 Å². The number of aromatic nitrogens is 1. The zero-order valence-corrected chi connectivity index (χ0v) is 12.9. The van der Waals surface area contributed by atoms with Crippen LogP contribution in [0.4, 0.5) is 5.13 Å². The number of nitrogens with zero attached hydrogens (tertiary/aromatic N) is 5. The highest BCUT2D eigenvalue weighted by Gasteiger charge is 2.37. The van der Waals surface area contributed by atoms with Crippen molar-refractivity contribution in [2.45, 2.75) is 25.2 Å². The number of rotatable bonds is 5. The fourth-order valence-corrected chi connectivity index (χ4v) is 3.65. The fourth-order valence-electron chi connectivity index (χ4n) is 2.55. The molecule has 1 aromatic rings. The van der Waals surface area contributed by atoms with Crippen LogP contribution in [0.15, 0.2) is 5.11 Å². The Balaban J connectivity index is 1.84. The molecule has 0 N–H and O–H groups in total. The van der Waals surface area contributed by atoms with Gasteiger partial charge in [0.25, 0.3) is 0 Å². The van der Waals surface area contributed by atoms with Crippen molar-refractivity contribution in [3.63, 3.8) is 0 Å². The number of ether oxygens (including phenoxy) is 1. The lowest BCUT2D eigenvalue weighted by atomic mass is 10.1. The third-order valence-electron chi connectivity index (χ3n) is 3.82. The van der Waals surface area contributed by atoms with E-state index >= 15 is 0 Å². The number of carbonyl (C=O) groups excluding carboxylic acids is 2. The number of amides is 1. The van der Waals surface area contributed by atoms with Gasteiger partial charge in [-0.05, 0) is 24.3 Å². The van der Waals surface area contributed by atoms with Crippen molar-refractivity contribution in [3.05, 3.63) is 21.0 Å². The molecule has 2 heterocycles. The van der Waals surface area contributed by atoms with Crippen molar-refractivity contribution < 1.29 is 14.3 Å². The van der Waals surface area contributed by atoms with Crippen LogP contribution < -0.4 is 4.90 Å². The van der Waals surface area contributed by atoms with Gasteiger partial charge in [-0.1, -0.05) is 16.5 Å². The van der Waals surface area contributed by atoms with Crippen molar-refractivity contribution >= 4 is 28.3 Å². The Morgan fingerprint density at radius 2 is 2.36 bits per heavy atom. The molecule has 2 fully saturated rings. The molecule has 9 heteroatoms. The summed E-state index contributed by atoms with van der Waals surface area (Å²) in [5.41, 5.74) is 9.12. The summed E-state index contributed by atoms with van der Waals surface area (Å²) in [5, 5.41) is 4.07. The first-order valence-electron chi connectivity index (χ1n) is 7.04. The average molecular weight is 321 g/mol. The number of hydrogen-bond donors (Lipinski definition) is 0. The van der Waals surface area contributed by atoms with Gasteiger partial charge in [-0.15, -0.1) is 0 Å². The van der Waals surface area contributed by atoms with Crippen LogP contribution in [-0.2, 0) is 9.53 Å². The van der Waals surface area contributed by atoms with E-state index in [1.165, 1.54) is 18.4 Å². The minimum absolute atomic E-state index is 0.00162.